The molecular weight excluding hydrogens is 480 g/mol. The zero-order valence-corrected chi connectivity index (χ0v) is 20.0. The van der Waals surface area contributed by atoms with Crippen LogP contribution >= 0.6 is 27.5 Å². The van der Waals surface area contributed by atoms with Crippen molar-refractivity contribution in [1.82, 2.24) is 10.2 Å². The summed E-state index contributed by atoms with van der Waals surface area (Å²) >= 11 is 9.71. The predicted octanol–water partition coefficient (Wildman–Crippen LogP) is 5.35. The molecule has 0 aromatic heterocycles. The second-order valence-electron chi connectivity index (χ2n) is 7.88. The number of ether oxygens (including phenoxy) is 1. The Labute approximate surface area is 197 Å². The van der Waals surface area contributed by atoms with E-state index in [-0.39, 0.29) is 31.0 Å². The minimum atomic E-state index is -0.640. The van der Waals surface area contributed by atoms with Crippen molar-refractivity contribution in [1.29, 1.82) is 0 Å². The molecule has 2 amide bonds. The number of amides is 2. The highest BCUT2D eigenvalue weighted by molar-refractivity contribution is 9.10. The summed E-state index contributed by atoms with van der Waals surface area (Å²) in [6, 6.07) is 14.2. The summed E-state index contributed by atoms with van der Waals surface area (Å²) in [5.74, 6) is 0.179. The van der Waals surface area contributed by atoms with E-state index in [1.54, 1.807) is 25.1 Å². The Morgan fingerprint density at radius 1 is 1.13 bits per heavy atom. The number of hydrogen-bond donors (Lipinski definition) is 1. The zero-order chi connectivity index (χ0) is 22.2. The summed E-state index contributed by atoms with van der Waals surface area (Å²) in [7, 11) is 0. The average molecular weight is 508 g/mol. The van der Waals surface area contributed by atoms with Crippen molar-refractivity contribution in [2.75, 3.05) is 6.61 Å². The minimum Gasteiger partial charge on any atom is -0.484 e. The van der Waals surface area contributed by atoms with Crippen molar-refractivity contribution in [3.8, 4) is 5.75 Å². The molecule has 7 heteroatoms. The maximum atomic E-state index is 13.1. The third-order valence-corrected chi connectivity index (χ3v) is 6.49. The van der Waals surface area contributed by atoms with Gasteiger partial charge in [-0.25, -0.2) is 0 Å². The van der Waals surface area contributed by atoms with Gasteiger partial charge in [-0.1, -0.05) is 65.0 Å². The maximum absolute atomic E-state index is 13.1. The van der Waals surface area contributed by atoms with E-state index in [1.807, 2.05) is 30.3 Å². The highest BCUT2D eigenvalue weighted by atomic mass is 79.9. The first-order valence-electron chi connectivity index (χ1n) is 10.7. The Kier molecular flexibility index (Phi) is 8.79. The van der Waals surface area contributed by atoms with Crippen LogP contribution in [-0.4, -0.2) is 35.4 Å². The third-order valence-electron chi connectivity index (χ3n) is 5.59. The molecule has 0 aliphatic heterocycles. The Bertz CT molecular complexity index is 885. The summed E-state index contributed by atoms with van der Waals surface area (Å²) in [6.45, 7) is 1.83. The van der Waals surface area contributed by atoms with Crippen molar-refractivity contribution in [2.24, 2.45) is 0 Å². The van der Waals surface area contributed by atoms with Crippen LogP contribution in [0.4, 0.5) is 0 Å². The van der Waals surface area contributed by atoms with E-state index in [4.69, 9.17) is 16.3 Å². The molecule has 0 unspecified atom stereocenters. The van der Waals surface area contributed by atoms with E-state index in [0.717, 1.165) is 35.7 Å². The van der Waals surface area contributed by atoms with Crippen LogP contribution in [0, 0.1) is 0 Å². The van der Waals surface area contributed by atoms with Crippen LogP contribution in [0.5, 0.6) is 5.75 Å². The number of halogens is 2. The van der Waals surface area contributed by atoms with Crippen LogP contribution in [0.15, 0.2) is 53.0 Å². The van der Waals surface area contributed by atoms with Crippen molar-refractivity contribution in [3.05, 3.63) is 63.6 Å². The molecule has 0 bridgehead atoms. The van der Waals surface area contributed by atoms with Gasteiger partial charge >= 0.3 is 0 Å². The van der Waals surface area contributed by atoms with Gasteiger partial charge in [0.2, 0.25) is 5.91 Å². The number of carbonyl (C=O) groups is 2. The monoisotopic (exact) mass is 506 g/mol. The van der Waals surface area contributed by atoms with E-state index >= 15 is 0 Å². The molecule has 1 fully saturated rings. The van der Waals surface area contributed by atoms with Crippen LogP contribution in [-0.2, 0) is 16.1 Å². The number of carbonyl (C=O) groups excluding carboxylic acids is 2. The molecule has 1 saturated carbocycles. The lowest BCUT2D eigenvalue weighted by atomic mass is 9.95. The second-order valence-corrected chi connectivity index (χ2v) is 9.20. The summed E-state index contributed by atoms with van der Waals surface area (Å²) in [4.78, 5) is 27.6. The molecule has 2 aromatic rings. The number of benzene rings is 2. The van der Waals surface area contributed by atoms with Crippen molar-refractivity contribution in [3.63, 3.8) is 0 Å². The fourth-order valence-electron chi connectivity index (χ4n) is 3.72. The molecule has 1 atom stereocenters. The SMILES string of the molecule is C[C@@H](C(=O)NC1CCCCC1)N(Cc1ccccc1Cl)C(=O)COc1ccc(Br)cc1. The largest absolute Gasteiger partial charge is 0.484 e. The van der Waals surface area contributed by atoms with Gasteiger partial charge in [0.05, 0.1) is 0 Å². The van der Waals surface area contributed by atoms with Gasteiger partial charge < -0.3 is 15.0 Å². The number of nitrogens with one attached hydrogen (secondary N) is 1. The molecule has 5 nitrogen and oxygen atoms in total. The first-order chi connectivity index (χ1) is 14.9. The molecular formula is C24H28BrClN2O3. The molecule has 1 aliphatic rings. The minimum absolute atomic E-state index is 0.143. The van der Waals surface area contributed by atoms with E-state index in [2.05, 4.69) is 21.2 Å². The summed E-state index contributed by atoms with van der Waals surface area (Å²) in [6.07, 6.45) is 5.45. The molecule has 0 heterocycles. The van der Waals surface area contributed by atoms with Crippen LogP contribution in [0.2, 0.25) is 5.02 Å². The van der Waals surface area contributed by atoms with Gasteiger partial charge in [0.15, 0.2) is 6.61 Å². The predicted molar refractivity (Wildman–Crippen MR) is 126 cm³/mol. The highest BCUT2D eigenvalue weighted by Gasteiger charge is 2.28. The smallest absolute Gasteiger partial charge is 0.261 e. The van der Waals surface area contributed by atoms with Gasteiger partial charge in [-0.15, -0.1) is 0 Å². The van der Waals surface area contributed by atoms with Crippen LogP contribution in [0.1, 0.15) is 44.6 Å². The van der Waals surface area contributed by atoms with Crippen LogP contribution < -0.4 is 10.1 Å². The third kappa shape index (κ3) is 6.97. The molecule has 1 aliphatic carbocycles. The Morgan fingerprint density at radius 3 is 2.48 bits per heavy atom. The van der Waals surface area contributed by atoms with Gasteiger partial charge in [-0.05, 0) is 55.7 Å². The lowest BCUT2D eigenvalue weighted by Crippen LogP contribution is -2.51. The zero-order valence-electron chi connectivity index (χ0n) is 17.7. The second kappa shape index (κ2) is 11.5. The fraction of sp³-hybridized carbons (Fsp3) is 0.417. The van der Waals surface area contributed by atoms with Crippen molar-refractivity contribution >= 4 is 39.3 Å². The molecule has 2 aromatic carbocycles. The van der Waals surface area contributed by atoms with E-state index in [9.17, 15) is 9.59 Å². The van der Waals surface area contributed by atoms with Gasteiger partial charge in [-0.2, -0.15) is 0 Å². The van der Waals surface area contributed by atoms with Crippen molar-refractivity contribution in [2.45, 2.75) is 57.7 Å². The van der Waals surface area contributed by atoms with Gasteiger partial charge in [0, 0.05) is 22.1 Å². The van der Waals surface area contributed by atoms with Gasteiger partial charge in [0.25, 0.3) is 5.91 Å². The molecule has 0 radical (unpaired) electrons. The van der Waals surface area contributed by atoms with Gasteiger partial charge in [0.1, 0.15) is 11.8 Å². The van der Waals surface area contributed by atoms with Crippen molar-refractivity contribution < 1.29 is 14.3 Å². The van der Waals surface area contributed by atoms with Gasteiger partial charge in [-0.3, -0.25) is 9.59 Å². The molecule has 166 valence electrons. The Morgan fingerprint density at radius 2 is 1.81 bits per heavy atom. The topological polar surface area (TPSA) is 58.6 Å². The number of rotatable bonds is 8. The fourth-order valence-corrected chi connectivity index (χ4v) is 4.18. The Hall–Kier alpha value is -2.05. The molecule has 1 N–H and O–H groups in total. The Balaban J connectivity index is 1.71. The molecule has 0 spiro atoms. The quantitative estimate of drug-likeness (QED) is 0.524. The average Bonchev–Trinajstić information content (AvgIpc) is 2.78. The maximum Gasteiger partial charge on any atom is 0.261 e. The number of hydrogen-bond acceptors (Lipinski definition) is 3. The standard InChI is InChI=1S/C24H28BrClN2O3/c1-17(24(30)27-20-8-3-2-4-9-20)28(15-18-7-5-6-10-22(18)26)23(29)16-31-21-13-11-19(25)12-14-21/h5-7,10-14,17,20H,2-4,8-9,15-16H2,1H3,(H,27,30)/t17-/m0/s1. The lowest BCUT2D eigenvalue weighted by molar-refractivity contribution is -0.142. The first-order valence-corrected chi connectivity index (χ1v) is 11.8. The van der Waals surface area contributed by atoms with Crippen LogP contribution in [0.3, 0.4) is 0 Å². The van der Waals surface area contributed by atoms with E-state index in [1.165, 1.54) is 11.3 Å². The lowest BCUT2D eigenvalue weighted by Gasteiger charge is -2.31. The molecule has 31 heavy (non-hydrogen) atoms. The van der Waals surface area contributed by atoms with Crippen LogP contribution in [0.25, 0.3) is 0 Å². The summed E-state index contributed by atoms with van der Waals surface area (Å²) < 4.78 is 6.60. The van der Waals surface area contributed by atoms with E-state index in [0.29, 0.717) is 10.8 Å². The molecule has 3 rings (SSSR count). The van der Waals surface area contributed by atoms with E-state index < -0.39 is 6.04 Å². The highest BCUT2D eigenvalue weighted by Crippen LogP contribution is 2.21. The summed E-state index contributed by atoms with van der Waals surface area (Å²) in [5.41, 5.74) is 0.790. The molecule has 0 saturated heterocycles. The summed E-state index contributed by atoms with van der Waals surface area (Å²) in [5, 5.41) is 3.69. The normalized spacial score (nSPS) is 15.2. The first kappa shape index (κ1) is 23.6. The number of nitrogens with zero attached hydrogens (tertiary/aromatic N) is 1.